The Bertz CT molecular complexity index is 254. The number of likely N-dealkylation sites (N-methyl/N-ethyl adjacent to an activating group) is 1. The van der Waals surface area contributed by atoms with Crippen LogP contribution < -0.4 is 5.32 Å². The van der Waals surface area contributed by atoms with Crippen LogP contribution in [0.15, 0.2) is 0 Å². The molecule has 1 heterocycles. The molecule has 0 radical (unpaired) electrons. The van der Waals surface area contributed by atoms with E-state index in [1.54, 1.807) is 0 Å². The summed E-state index contributed by atoms with van der Waals surface area (Å²) < 4.78 is 0. The number of hydrogen-bond acceptors (Lipinski definition) is 2. The number of likely N-dealkylation sites (tertiary alicyclic amines) is 1. The van der Waals surface area contributed by atoms with Crippen molar-refractivity contribution < 1.29 is 0 Å². The second-order valence-corrected chi connectivity index (χ2v) is 7.31. The Morgan fingerprint density at radius 2 is 1.72 bits per heavy atom. The van der Waals surface area contributed by atoms with Gasteiger partial charge in [-0.1, -0.05) is 27.2 Å². The first-order chi connectivity index (χ1) is 8.51. The summed E-state index contributed by atoms with van der Waals surface area (Å²) in [5.74, 6) is 0.951. The Hall–Kier alpha value is -0.0800. The number of hydrogen-bond donors (Lipinski definition) is 1. The van der Waals surface area contributed by atoms with E-state index in [4.69, 9.17) is 0 Å². The highest BCUT2D eigenvalue weighted by molar-refractivity contribution is 4.88. The molecular weight excluding hydrogens is 220 g/mol. The van der Waals surface area contributed by atoms with Gasteiger partial charge in [-0.3, -0.25) is 0 Å². The summed E-state index contributed by atoms with van der Waals surface area (Å²) in [6.07, 6.45) is 8.32. The molecule has 2 rings (SSSR count). The van der Waals surface area contributed by atoms with Gasteiger partial charge in [-0.2, -0.15) is 0 Å². The third-order valence-electron chi connectivity index (χ3n) is 5.61. The molecule has 1 atom stereocenters. The van der Waals surface area contributed by atoms with Crippen LogP contribution in [0.1, 0.15) is 59.3 Å². The standard InChI is InChI=1S/C16H32N2/c1-5-16(2,3)13-6-8-14(9-7-13)17-15-10-11-18(4)12-15/h13-15,17H,5-12H2,1-4H3. The first-order valence-electron chi connectivity index (χ1n) is 7.96. The Kier molecular flexibility index (Phi) is 4.71. The van der Waals surface area contributed by atoms with Crippen molar-refractivity contribution in [1.82, 2.24) is 10.2 Å². The van der Waals surface area contributed by atoms with Gasteiger partial charge in [0.1, 0.15) is 0 Å². The normalized spacial score (nSPS) is 35.0. The number of nitrogens with zero attached hydrogens (tertiary/aromatic N) is 1. The molecule has 1 saturated heterocycles. The predicted molar refractivity (Wildman–Crippen MR) is 78.9 cm³/mol. The topological polar surface area (TPSA) is 15.3 Å². The smallest absolute Gasteiger partial charge is 0.0209 e. The fourth-order valence-electron chi connectivity index (χ4n) is 3.73. The van der Waals surface area contributed by atoms with E-state index in [2.05, 4.69) is 38.0 Å². The highest BCUT2D eigenvalue weighted by Crippen LogP contribution is 2.40. The van der Waals surface area contributed by atoms with Crippen LogP contribution in [0, 0.1) is 11.3 Å². The largest absolute Gasteiger partial charge is 0.310 e. The van der Waals surface area contributed by atoms with E-state index in [0.29, 0.717) is 5.41 Å². The molecular formula is C16H32N2. The van der Waals surface area contributed by atoms with Crippen molar-refractivity contribution >= 4 is 0 Å². The molecule has 1 unspecified atom stereocenters. The third kappa shape index (κ3) is 3.48. The molecule has 0 amide bonds. The Morgan fingerprint density at radius 1 is 1.06 bits per heavy atom. The van der Waals surface area contributed by atoms with Crippen LogP contribution in [0.25, 0.3) is 0 Å². The zero-order chi connectivity index (χ0) is 13.2. The fraction of sp³-hybridized carbons (Fsp3) is 1.00. The Labute approximate surface area is 114 Å². The van der Waals surface area contributed by atoms with Crippen LogP contribution in [0.2, 0.25) is 0 Å². The minimum Gasteiger partial charge on any atom is -0.310 e. The third-order valence-corrected chi connectivity index (χ3v) is 5.61. The fourth-order valence-corrected chi connectivity index (χ4v) is 3.73. The number of nitrogens with one attached hydrogen (secondary N) is 1. The molecule has 2 fully saturated rings. The van der Waals surface area contributed by atoms with Gasteiger partial charge in [-0.15, -0.1) is 0 Å². The second kappa shape index (κ2) is 5.92. The van der Waals surface area contributed by atoms with Gasteiger partial charge >= 0.3 is 0 Å². The highest BCUT2D eigenvalue weighted by atomic mass is 15.2. The van der Waals surface area contributed by atoms with Gasteiger partial charge in [0.15, 0.2) is 0 Å². The van der Waals surface area contributed by atoms with Gasteiger partial charge < -0.3 is 10.2 Å². The molecule has 0 aromatic heterocycles. The van der Waals surface area contributed by atoms with Crippen molar-refractivity contribution in [2.45, 2.75) is 71.4 Å². The first-order valence-corrected chi connectivity index (χ1v) is 7.96. The van der Waals surface area contributed by atoms with E-state index in [9.17, 15) is 0 Å². The van der Waals surface area contributed by atoms with Gasteiger partial charge in [0.05, 0.1) is 0 Å². The van der Waals surface area contributed by atoms with Crippen molar-refractivity contribution in [3.05, 3.63) is 0 Å². The van der Waals surface area contributed by atoms with Crippen LogP contribution in [0.3, 0.4) is 0 Å². The minimum atomic E-state index is 0.554. The molecule has 0 aromatic rings. The van der Waals surface area contributed by atoms with E-state index >= 15 is 0 Å². The van der Waals surface area contributed by atoms with Gasteiger partial charge in [0, 0.05) is 18.6 Å². The predicted octanol–water partition coefficient (Wildman–Crippen LogP) is 3.28. The molecule has 0 spiro atoms. The summed E-state index contributed by atoms with van der Waals surface area (Å²) in [5, 5.41) is 3.90. The van der Waals surface area contributed by atoms with E-state index in [1.807, 2.05) is 0 Å². The second-order valence-electron chi connectivity index (χ2n) is 7.31. The molecule has 1 aliphatic heterocycles. The van der Waals surface area contributed by atoms with Crippen molar-refractivity contribution in [3.8, 4) is 0 Å². The van der Waals surface area contributed by atoms with Crippen molar-refractivity contribution in [3.63, 3.8) is 0 Å². The molecule has 0 bridgehead atoms. The van der Waals surface area contributed by atoms with Crippen LogP contribution in [0.5, 0.6) is 0 Å². The zero-order valence-corrected chi connectivity index (χ0v) is 12.8. The minimum absolute atomic E-state index is 0.554. The monoisotopic (exact) mass is 252 g/mol. The molecule has 2 aliphatic rings. The maximum Gasteiger partial charge on any atom is 0.0209 e. The maximum absolute atomic E-state index is 3.90. The van der Waals surface area contributed by atoms with Gasteiger partial charge in [-0.25, -0.2) is 0 Å². The van der Waals surface area contributed by atoms with Gasteiger partial charge in [-0.05, 0) is 57.0 Å². The lowest BCUT2D eigenvalue weighted by atomic mass is 9.69. The molecule has 18 heavy (non-hydrogen) atoms. The Morgan fingerprint density at radius 3 is 2.22 bits per heavy atom. The van der Waals surface area contributed by atoms with Gasteiger partial charge in [0.25, 0.3) is 0 Å². The lowest BCUT2D eigenvalue weighted by Gasteiger charge is -2.39. The molecule has 0 aromatic carbocycles. The van der Waals surface area contributed by atoms with E-state index < -0.39 is 0 Å². The molecule has 1 saturated carbocycles. The summed E-state index contributed by atoms with van der Waals surface area (Å²) in [7, 11) is 2.24. The average molecular weight is 252 g/mol. The molecule has 2 heteroatoms. The Balaban J connectivity index is 1.73. The molecule has 1 aliphatic carbocycles. The lowest BCUT2D eigenvalue weighted by molar-refractivity contribution is 0.134. The molecule has 2 nitrogen and oxygen atoms in total. The summed E-state index contributed by atoms with van der Waals surface area (Å²) in [4.78, 5) is 2.45. The molecule has 1 N–H and O–H groups in total. The number of rotatable bonds is 4. The highest BCUT2D eigenvalue weighted by Gasteiger charge is 2.32. The van der Waals surface area contributed by atoms with Crippen LogP contribution in [0.4, 0.5) is 0 Å². The van der Waals surface area contributed by atoms with E-state index in [1.165, 1.54) is 51.6 Å². The lowest BCUT2D eigenvalue weighted by Crippen LogP contribution is -2.43. The van der Waals surface area contributed by atoms with Crippen LogP contribution in [-0.2, 0) is 0 Å². The summed E-state index contributed by atoms with van der Waals surface area (Å²) in [5.41, 5.74) is 0.554. The average Bonchev–Trinajstić information content (AvgIpc) is 2.75. The zero-order valence-electron chi connectivity index (χ0n) is 12.8. The summed E-state index contributed by atoms with van der Waals surface area (Å²) in [6, 6.07) is 1.56. The van der Waals surface area contributed by atoms with Crippen LogP contribution >= 0.6 is 0 Å². The SMILES string of the molecule is CCC(C)(C)C1CCC(NC2CCN(C)C2)CC1. The quantitative estimate of drug-likeness (QED) is 0.826. The van der Waals surface area contributed by atoms with Crippen molar-refractivity contribution in [1.29, 1.82) is 0 Å². The van der Waals surface area contributed by atoms with Crippen molar-refractivity contribution in [2.75, 3.05) is 20.1 Å². The van der Waals surface area contributed by atoms with Gasteiger partial charge in [0.2, 0.25) is 0 Å². The van der Waals surface area contributed by atoms with Crippen molar-refractivity contribution in [2.24, 2.45) is 11.3 Å². The van der Waals surface area contributed by atoms with E-state index in [-0.39, 0.29) is 0 Å². The van der Waals surface area contributed by atoms with Crippen LogP contribution in [-0.4, -0.2) is 37.1 Å². The first kappa shape index (κ1) is 14.3. The summed E-state index contributed by atoms with van der Waals surface area (Å²) in [6.45, 7) is 9.78. The maximum atomic E-state index is 3.90. The summed E-state index contributed by atoms with van der Waals surface area (Å²) >= 11 is 0. The molecule has 106 valence electrons. The van der Waals surface area contributed by atoms with E-state index in [0.717, 1.165) is 18.0 Å².